The van der Waals surface area contributed by atoms with E-state index < -0.39 is 0 Å². The molecular weight excluding hydrogens is 264 g/mol. The standard InChI is InChI=1S/C14H17ClN2S/c1-10-14(18-9-17-10)6-5-13(16)8-11-3-2-4-12(15)7-11/h2-4,7,9,13H,5-6,8,16H2,1H3. The van der Waals surface area contributed by atoms with Crippen molar-refractivity contribution in [1.82, 2.24) is 4.98 Å². The molecule has 0 aliphatic carbocycles. The quantitative estimate of drug-likeness (QED) is 0.909. The molecule has 0 radical (unpaired) electrons. The van der Waals surface area contributed by atoms with Gasteiger partial charge < -0.3 is 5.73 Å². The molecule has 0 saturated heterocycles. The second kappa shape index (κ2) is 6.32. The van der Waals surface area contributed by atoms with Crippen LogP contribution in [0.5, 0.6) is 0 Å². The minimum Gasteiger partial charge on any atom is -0.327 e. The van der Waals surface area contributed by atoms with Crippen LogP contribution < -0.4 is 5.73 Å². The molecular formula is C14H17ClN2S. The third-order valence-electron chi connectivity index (χ3n) is 2.97. The summed E-state index contributed by atoms with van der Waals surface area (Å²) < 4.78 is 0. The van der Waals surface area contributed by atoms with Crippen LogP contribution in [-0.4, -0.2) is 11.0 Å². The summed E-state index contributed by atoms with van der Waals surface area (Å²) >= 11 is 7.67. The van der Waals surface area contributed by atoms with Crippen LogP contribution in [0, 0.1) is 6.92 Å². The van der Waals surface area contributed by atoms with Crippen molar-refractivity contribution < 1.29 is 0 Å². The molecule has 0 bridgehead atoms. The Kier molecular flexibility index (Phi) is 4.75. The summed E-state index contributed by atoms with van der Waals surface area (Å²) in [4.78, 5) is 5.59. The van der Waals surface area contributed by atoms with Crippen LogP contribution in [0.3, 0.4) is 0 Å². The minimum absolute atomic E-state index is 0.171. The Labute approximate surface area is 117 Å². The lowest BCUT2D eigenvalue weighted by Gasteiger charge is -2.11. The van der Waals surface area contributed by atoms with Gasteiger partial charge in [0.25, 0.3) is 0 Å². The van der Waals surface area contributed by atoms with E-state index in [1.165, 1.54) is 10.4 Å². The van der Waals surface area contributed by atoms with E-state index in [1.807, 2.05) is 30.6 Å². The summed E-state index contributed by atoms with van der Waals surface area (Å²) in [5.74, 6) is 0. The van der Waals surface area contributed by atoms with Crippen molar-refractivity contribution in [3.8, 4) is 0 Å². The first-order valence-electron chi connectivity index (χ1n) is 6.04. The highest BCUT2D eigenvalue weighted by atomic mass is 35.5. The zero-order chi connectivity index (χ0) is 13.0. The zero-order valence-electron chi connectivity index (χ0n) is 10.4. The fourth-order valence-corrected chi connectivity index (χ4v) is 2.96. The van der Waals surface area contributed by atoms with Crippen molar-refractivity contribution in [1.29, 1.82) is 0 Å². The van der Waals surface area contributed by atoms with Crippen molar-refractivity contribution in [3.63, 3.8) is 0 Å². The second-order valence-corrected chi connectivity index (χ2v) is 5.87. The van der Waals surface area contributed by atoms with Crippen LogP contribution in [0.4, 0.5) is 0 Å². The lowest BCUT2D eigenvalue weighted by Crippen LogP contribution is -2.23. The zero-order valence-corrected chi connectivity index (χ0v) is 12.0. The van der Waals surface area contributed by atoms with Gasteiger partial charge >= 0.3 is 0 Å². The minimum atomic E-state index is 0.171. The highest BCUT2D eigenvalue weighted by Crippen LogP contribution is 2.17. The molecule has 2 N–H and O–H groups in total. The SMILES string of the molecule is Cc1ncsc1CCC(N)Cc1cccc(Cl)c1. The Hall–Kier alpha value is -0.900. The van der Waals surface area contributed by atoms with E-state index in [1.54, 1.807) is 11.3 Å². The van der Waals surface area contributed by atoms with Crippen molar-refractivity contribution in [2.45, 2.75) is 32.2 Å². The fourth-order valence-electron chi connectivity index (χ4n) is 1.95. The molecule has 1 aromatic carbocycles. The van der Waals surface area contributed by atoms with E-state index in [-0.39, 0.29) is 6.04 Å². The molecule has 18 heavy (non-hydrogen) atoms. The number of rotatable bonds is 5. The maximum atomic E-state index is 6.16. The number of benzene rings is 1. The molecule has 1 unspecified atom stereocenters. The van der Waals surface area contributed by atoms with Gasteiger partial charge in [-0.1, -0.05) is 23.7 Å². The molecule has 0 aliphatic rings. The molecule has 96 valence electrons. The predicted octanol–water partition coefficient (Wildman–Crippen LogP) is 3.61. The third-order valence-corrected chi connectivity index (χ3v) is 4.20. The number of halogens is 1. The van der Waals surface area contributed by atoms with Crippen LogP contribution in [-0.2, 0) is 12.8 Å². The molecule has 2 rings (SSSR count). The Morgan fingerprint density at radius 3 is 2.94 bits per heavy atom. The average molecular weight is 281 g/mol. The first-order valence-corrected chi connectivity index (χ1v) is 7.30. The number of hydrogen-bond donors (Lipinski definition) is 1. The summed E-state index contributed by atoms with van der Waals surface area (Å²) in [5, 5.41) is 0.776. The Balaban J connectivity index is 1.86. The van der Waals surface area contributed by atoms with Crippen molar-refractivity contribution in [2.24, 2.45) is 5.73 Å². The monoisotopic (exact) mass is 280 g/mol. The van der Waals surface area contributed by atoms with Gasteiger partial charge in [-0.05, 0) is 43.9 Å². The number of aromatic nitrogens is 1. The molecule has 4 heteroatoms. The highest BCUT2D eigenvalue weighted by Gasteiger charge is 2.07. The van der Waals surface area contributed by atoms with Crippen molar-refractivity contribution in [3.05, 3.63) is 50.9 Å². The molecule has 1 aromatic heterocycles. The van der Waals surface area contributed by atoms with E-state index in [0.29, 0.717) is 0 Å². The van der Waals surface area contributed by atoms with Crippen LogP contribution in [0.2, 0.25) is 5.02 Å². The molecule has 1 atom stereocenters. The van der Waals surface area contributed by atoms with E-state index >= 15 is 0 Å². The molecule has 0 spiro atoms. The maximum absolute atomic E-state index is 6.16. The van der Waals surface area contributed by atoms with Crippen molar-refractivity contribution >= 4 is 22.9 Å². The average Bonchev–Trinajstić information content (AvgIpc) is 2.72. The van der Waals surface area contributed by atoms with Crippen LogP contribution in [0.15, 0.2) is 29.8 Å². The van der Waals surface area contributed by atoms with Gasteiger partial charge in [-0.15, -0.1) is 11.3 Å². The van der Waals surface area contributed by atoms with E-state index in [0.717, 1.165) is 30.0 Å². The molecule has 1 heterocycles. The number of hydrogen-bond acceptors (Lipinski definition) is 3. The molecule has 0 saturated carbocycles. The maximum Gasteiger partial charge on any atom is 0.0797 e. The van der Waals surface area contributed by atoms with Crippen LogP contribution >= 0.6 is 22.9 Å². The van der Waals surface area contributed by atoms with Crippen LogP contribution in [0.25, 0.3) is 0 Å². The lowest BCUT2D eigenvalue weighted by molar-refractivity contribution is 0.612. The largest absolute Gasteiger partial charge is 0.327 e. The number of nitrogens with two attached hydrogens (primary N) is 1. The van der Waals surface area contributed by atoms with Gasteiger partial charge in [0, 0.05) is 15.9 Å². The molecule has 2 nitrogen and oxygen atoms in total. The molecule has 0 amide bonds. The number of nitrogens with zero attached hydrogens (tertiary/aromatic N) is 1. The van der Waals surface area contributed by atoms with Gasteiger partial charge in [-0.2, -0.15) is 0 Å². The Bertz CT molecular complexity index is 510. The summed E-state index contributed by atoms with van der Waals surface area (Å²) in [5.41, 5.74) is 10.4. The molecule has 0 aliphatic heterocycles. The highest BCUT2D eigenvalue weighted by molar-refractivity contribution is 7.09. The van der Waals surface area contributed by atoms with Crippen LogP contribution in [0.1, 0.15) is 22.6 Å². The van der Waals surface area contributed by atoms with Gasteiger partial charge in [-0.3, -0.25) is 0 Å². The molecule has 0 fully saturated rings. The summed E-state index contributed by atoms with van der Waals surface area (Å²) in [7, 11) is 0. The van der Waals surface area contributed by atoms with E-state index in [9.17, 15) is 0 Å². The fraction of sp³-hybridized carbons (Fsp3) is 0.357. The van der Waals surface area contributed by atoms with E-state index in [4.69, 9.17) is 17.3 Å². The topological polar surface area (TPSA) is 38.9 Å². The second-order valence-electron chi connectivity index (χ2n) is 4.49. The Morgan fingerprint density at radius 2 is 2.28 bits per heavy atom. The number of aryl methyl sites for hydroxylation is 2. The van der Waals surface area contributed by atoms with Gasteiger partial charge in [0.2, 0.25) is 0 Å². The predicted molar refractivity (Wildman–Crippen MR) is 78.3 cm³/mol. The first kappa shape index (κ1) is 13.5. The normalized spacial score (nSPS) is 12.6. The van der Waals surface area contributed by atoms with E-state index in [2.05, 4.69) is 11.1 Å². The van der Waals surface area contributed by atoms with Gasteiger partial charge in [0.05, 0.1) is 11.2 Å². The van der Waals surface area contributed by atoms with Crippen molar-refractivity contribution in [2.75, 3.05) is 0 Å². The van der Waals surface area contributed by atoms with Gasteiger partial charge in [0.15, 0.2) is 0 Å². The third kappa shape index (κ3) is 3.80. The summed E-state index contributed by atoms with van der Waals surface area (Å²) in [6.07, 6.45) is 2.87. The summed E-state index contributed by atoms with van der Waals surface area (Å²) in [6.45, 7) is 2.05. The first-order chi connectivity index (χ1) is 8.65. The van der Waals surface area contributed by atoms with Gasteiger partial charge in [-0.25, -0.2) is 4.98 Å². The van der Waals surface area contributed by atoms with Gasteiger partial charge in [0.1, 0.15) is 0 Å². The number of thiazole rings is 1. The smallest absolute Gasteiger partial charge is 0.0797 e. The summed E-state index contributed by atoms with van der Waals surface area (Å²) in [6, 6.07) is 8.09. The molecule has 2 aromatic rings. The lowest BCUT2D eigenvalue weighted by atomic mass is 10.0. The Morgan fingerprint density at radius 1 is 1.44 bits per heavy atom.